The molecule has 0 atom stereocenters. The van der Waals surface area contributed by atoms with E-state index in [0.29, 0.717) is 23.2 Å². The van der Waals surface area contributed by atoms with Crippen LogP contribution in [0.1, 0.15) is 0 Å². The molecule has 48 heavy (non-hydrogen) atoms. The number of nitrogens with zero attached hydrogens (tertiary/aromatic N) is 4. The molecule has 0 bridgehead atoms. The zero-order valence-corrected chi connectivity index (χ0v) is 25.5. The van der Waals surface area contributed by atoms with Crippen molar-refractivity contribution < 1.29 is 8.83 Å². The Kier molecular flexibility index (Phi) is 5.77. The molecule has 0 saturated heterocycles. The molecule has 0 aliphatic rings. The van der Waals surface area contributed by atoms with E-state index in [4.69, 9.17) is 23.8 Å². The minimum Gasteiger partial charge on any atom is -0.456 e. The minimum atomic E-state index is 0.532. The molecule has 4 aromatic heterocycles. The Morgan fingerprint density at radius 2 is 1.10 bits per heavy atom. The summed E-state index contributed by atoms with van der Waals surface area (Å²) in [6.07, 6.45) is 1.75. The topological polar surface area (TPSA) is 77.8 Å². The monoisotopic (exact) mass is 616 g/mol. The van der Waals surface area contributed by atoms with Gasteiger partial charge in [-0.1, -0.05) is 103 Å². The van der Waals surface area contributed by atoms with Crippen molar-refractivity contribution in [2.45, 2.75) is 0 Å². The fourth-order valence-corrected chi connectivity index (χ4v) is 6.73. The zero-order valence-electron chi connectivity index (χ0n) is 25.5. The van der Waals surface area contributed by atoms with Gasteiger partial charge in [0.25, 0.3) is 0 Å². The Morgan fingerprint density at radius 3 is 2.00 bits per heavy atom. The van der Waals surface area contributed by atoms with Crippen molar-refractivity contribution in [3.63, 3.8) is 0 Å². The number of fused-ring (bicyclic) bond motifs is 7. The Balaban J connectivity index is 1.23. The van der Waals surface area contributed by atoms with Gasteiger partial charge >= 0.3 is 0 Å². The van der Waals surface area contributed by atoms with Gasteiger partial charge in [0.1, 0.15) is 16.7 Å². The molecule has 0 saturated carbocycles. The summed E-state index contributed by atoms with van der Waals surface area (Å²) in [4.78, 5) is 20.0. The molecule has 0 aliphatic heterocycles. The Morgan fingerprint density at radius 1 is 0.396 bits per heavy atom. The Hall–Kier alpha value is -6.66. The van der Waals surface area contributed by atoms with Crippen LogP contribution >= 0.6 is 0 Å². The summed E-state index contributed by atoms with van der Waals surface area (Å²) in [5.74, 6) is 1.68. The summed E-state index contributed by atoms with van der Waals surface area (Å²) < 4.78 is 12.6. The second-order valence-electron chi connectivity index (χ2n) is 11.9. The molecule has 6 heteroatoms. The van der Waals surface area contributed by atoms with Crippen LogP contribution in [0.2, 0.25) is 0 Å². The number of aromatic nitrogens is 4. The molecular weight excluding hydrogens is 592 g/mol. The Bertz CT molecular complexity index is 2850. The van der Waals surface area contributed by atoms with Crippen LogP contribution in [0.25, 0.3) is 100 Å². The van der Waals surface area contributed by atoms with Gasteiger partial charge in [0.15, 0.2) is 17.5 Å². The van der Waals surface area contributed by atoms with E-state index in [-0.39, 0.29) is 0 Å². The number of hydrogen-bond donors (Lipinski definition) is 0. The zero-order chi connectivity index (χ0) is 31.6. The van der Waals surface area contributed by atoms with Gasteiger partial charge in [0.05, 0.1) is 5.39 Å². The normalized spacial score (nSPS) is 11.8. The van der Waals surface area contributed by atoms with E-state index in [9.17, 15) is 0 Å². The van der Waals surface area contributed by atoms with E-state index in [1.807, 2.05) is 72.8 Å². The fourth-order valence-electron chi connectivity index (χ4n) is 6.73. The molecule has 0 unspecified atom stereocenters. The first-order valence-electron chi connectivity index (χ1n) is 15.8. The van der Waals surface area contributed by atoms with Crippen molar-refractivity contribution >= 4 is 54.8 Å². The largest absolute Gasteiger partial charge is 0.456 e. The van der Waals surface area contributed by atoms with E-state index in [1.54, 1.807) is 6.20 Å². The second-order valence-corrected chi connectivity index (χ2v) is 11.9. The minimum absolute atomic E-state index is 0.532. The third-order valence-electron chi connectivity index (χ3n) is 9.01. The molecule has 6 nitrogen and oxygen atoms in total. The molecule has 0 amide bonds. The van der Waals surface area contributed by atoms with Gasteiger partial charge < -0.3 is 8.83 Å². The van der Waals surface area contributed by atoms with Crippen LogP contribution in [0.15, 0.2) is 155 Å². The van der Waals surface area contributed by atoms with Crippen molar-refractivity contribution in [3.05, 3.63) is 146 Å². The number of rotatable bonds is 4. The van der Waals surface area contributed by atoms with E-state index < -0.39 is 0 Å². The third-order valence-corrected chi connectivity index (χ3v) is 9.01. The highest BCUT2D eigenvalue weighted by Gasteiger charge is 2.21. The summed E-state index contributed by atoms with van der Waals surface area (Å²) in [6.45, 7) is 0. The molecule has 4 heterocycles. The first-order chi connectivity index (χ1) is 23.8. The maximum atomic E-state index is 6.36. The van der Waals surface area contributed by atoms with E-state index in [2.05, 4.69) is 71.7 Å². The predicted molar refractivity (Wildman–Crippen MR) is 191 cm³/mol. The lowest BCUT2D eigenvalue weighted by molar-refractivity contribution is 0.654. The van der Waals surface area contributed by atoms with Crippen LogP contribution < -0.4 is 0 Å². The lowest BCUT2D eigenvalue weighted by Crippen LogP contribution is -2.01. The second kappa shape index (κ2) is 10.4. The van der Waals surface area contributed by atoms with E-state index in [0.717, 1.165) is 76.9 Å². The van der Waals surface area contributed by atoms with Crippen LogP contribution in [-0.4, -0.2) is 19.9 Å². The number of para-hydroxylation sites is 1. The lowest BCUT2D eigenvalue weighted by atomic mass is 10.0. The van der Waals surface area contributed by atoms with Gasteiger partial charge in [-0.15, -0.1) is 0 Å². The van der Waals surface area contributed by atoms with Crippen molar-refractivity contribution in [2.24, 2.45) is 0 Å². The standard InChI is InChI=1S/C42H24N4O2/c1-2-9-25(10-3-1)28-19-20-31-36(24-28)48-42-38(31)33(21-22-43-42)41-45-39(29-18-17-26-11-4-5-12-27(26)23-29)44-40(46-41)32-14-8-16-35-37(32)30-13-6-7-15-34(30)47-35/h1-24H. The van der Waals surface area contributed by atoms with Crippen LogP contribution in [-0.2, 0) is 0 Å². The molecule has 0 N–H and O–H groups in total. The van der Waals surface area contributed by atoms with Crippen molar-refractivity contribution in [3.8, 4) is 45.3 Å². The molecular formula is C42H24N4O2. The molecule has 10 rings (SSSR count). The van der Waals surface area contributed by atoms with Gasteiger partial charge in [0.2, 0.25) is 5.71 Å². The van der Waals surface area contributed by atoms with Gasteiger partial charge in [-0.2, -0.15) is 0 Å². The predicted octanol–water partition coefficient (Wildman–Crippen LogP) is 10.9. The van der Waals surface area contributed by atoms with Crippen molar-refractivity contribution in [1.29, 1.82) is 0 Å². The molecule has 0 spiro atoms. The summed E-state index contributed by atoms with van der Waals surface area (Å²) in [6, 6.07) is 47.2. The van der Waals surface area contributed by atoms with E-state index >= 15 is 0 Å². The summed E-state index contributed by atoms with van der Waals surface area (Å²) >= 11 is 0. The highest BCUT2D eigenvalue weighted by Crippen LogP contribution is 2.39. The SMILES string of the molecule is c1ccc(-c2ccc3c(c2)oc2nccc(-c4nc(-c5ccc6ccccc6c5)nc(-c5cccc6oc7ccccc7c56)n4)c23)cc1. The average molecular weight is 617 g/mol. The number of pyridine rings is 1. The third kappa shape index (κ3) is 4.20. The molecule has 0 radical (unpaired) electrons. The maximum Gasteiger partial charge on any atom is 0.228 e. The van der Waals surface area contributed by atoms with E-state index in [1.165, 1.54) is 0 Å². The van der Waals surface area contributed by atoms with Crippen LogP contribution in [0.4, 0.5) is 0 Å². The number of benzene rings is 6. The first kappa shape index (κ1) is 26.5. The van der Waals surface area contributed by atoms with Crippen molar-refractivity contribution in [1.82, 2.24) is 19.9 Å². The Labute approximate surface area is 274 Å². The highest BCUT2D eigenvalue weighted by atomic mass is 16.3. The molecule has 0 fully saturated rings. The van der Waals surface area contributed by atoms with Crippen LogP contribution in [0.3, 0.4) is 0 Å². The quantitative estimate of drug-likeness (QED) is 0.196. The molecule has 224 valence electrons. The van der Waals surface area contributed by atoms with Gasteiger partial charge in [-0.3, -0.25) is 0 Å². The number of hydrogen-bond acceptors (Lipinski definition) is 6. The van der Waals surface area contributed by atoms with Gasteiger partial charge in [-0.25, -0.2) is 19.9 Å². The molecule has 6 aromatic carbocycles. The highest BCUT2D eigenvalue weighted by molar-refractivity contribution is 6.13. The summed E-state index contributed by atoms with van der Waals surface area (Å²) in [5, 5.41) is 6.06. The molecule has 10 aromatic rings. The van der Waals surface area contributed by atoms with Gasteiger partial charge in [-0.05, 0) is 58.3 Å². The van der Waals surface area contributed by atoms with Gasteiger partial charge in [0, 0.05) is 39.0 Å². The first-order valence-corrected chi connectivity index (χ1v) is 15.8. The maximum absolute atomic E-state index is 6.36. The summed E-state index contributed by atoms with van der Waals surface area (Å²) in [7, 11) is 0. The lowest BCUT2D eigenvalue weighted by Gasteiger charge is -2.10. The van der Waals surface area contributed by atoms with Crippen LogP contribution in [0, 0.1) is 0 Å². The summed E-state index contributed by atoms with van der Waals surface area (Å²) in [5.41, 5.74) is 7.68. The van der Waals surface area contributed by atoms with Crippen LogP contribution in [0.5, 0.6) is 0 Å². The number of furan rings is 2. The van der Waals surface area contributed by atoms with Crippen molar-refractivity contribution in [2.75, 3.05) is 0 Å². The molecule has 0 aliphatic carbocycles. The average Bonchev–Trinajstić information content (AvgIpc) is 3.73. The fraction of sp³-hybridized carbons (Fsp3) is 0. The smallest absolute Gasteiger partial charge is 0.228 e.